The summed E-state index contributed by atoms with van der Waals surface area (Å²) in [5.74, 6) is -0.122. The third-order valence-electron chi connectivity index (χ3n) is 13.1. The molecule has 0 aromatic heterocycles. The van der Waals surface area contributed by atoms with Crippen molar-refractivity contribution < 1.29 is 24.5 Å². The molecule has 2 atom stereocenters. The number of ether oxygens (including phenoxy) is 1. The first-order chi connectivity index (χ1) is 32.5. The standard InChI is InChI=1S/C60H111NO5/c1-3-5-7-9-11-13-15-17-19-21-23-25-27-29-34-38-42-46-50-54-60(65)66-55-51-47-43-39-35-31-30-33-37-41-45-49-53-59(64)61-57(56-62)58(63)52-48-44-40-36-32-28-26-24-22-20-18-16-14-12-10-8-6-4-2/h11,13,17,19,31,35,48,52,57-58,62-63H,3-10,12,14-16,18,20-30,32-34,36-47,49-51,53-56H2,1-2H3,(H,61,64)/b13-11-,19-17-,35-31-,52-48+. The number of carbonyl (C=O) groups excluding carboxylic acids is 2. The quantitative estimate of drug-likeness (QED) is 0.0321. The molecule has 386 valence electrons. The van der Waals surface area contributed by atoms with Gasteiger partial charge in [0.05, 0.1) is 25.4 Å². The lowest BCUT2D eigenvalue weighted by Gasteiger charge is -2.20. The molecule has 0 aromatic carbocycles. The lowest BCUT2D eigenvalue weighted by molar-refractivity contribution is -0.143. The van der Waals surface area contributed by atoms with Gasteiger partial charge in [0, 0.05) is 12.8 Å². The highest BCUT2D eigenvalue weighted by Crippen LogP contribution is 2.16. The van der Waals surface area contributed by atoms with E-state index in [-0.39, 0.29) is 18.5 Å². The third kappa shape index (κ3) is 51.2. The number of esters is 1. The zero-order valence-electron chi connectivity index (χ0n) is 43.9. The van der Waals surface area contributed by atoms with Crippen molar-refractivity contribution in [3.05, 3.63) is 48.6 Å². The van der Waals surface area contributed by atoms with Crippen LogP contribution in [0.15, 0.2) is 48.6 Å². The average Bonchev–Trinajstić information content (AvgIpc) is 3.32. The number of rotatable bonds is 53. The zero-order chi connectivity index (χ0) is 47.9. The number of allylic oxidation sites excluding steroid dienone is 7. The van der Waals surface area contributed by atoms with Crippen LogP contribution in [-0.2, 0) is 14.3 Å². The largest absolute Gasteiger partial charge is 0.466 e. The van der Waals surface area contributed by atoms with Gasteiger partial charge in [-0.1, -0.05) is 236 Å². The van der Waals surface area contributed by atoms with Gasteiger partial charge in [-0.25, -0.2) is 0 Å². The van der Waals surface area contributed by atoms with Crippen molar-refractivity contribution in [2.75, 3.05) is 13.2 Å². The first-order valence-corrected chi connectivity index (χ1v) is 28.9. The van der Waals surface area contributed by atoms with Crippen LogP contribution in [0.1, 0.15) is 296 Å². The molecule has 0 saturated heterocycles. The molecule has 0 aliphatic heterocycles. The smallest absolute Gasteiger partial charge is 0.305 e. The Balaban J connectivity index is 3.53. The van der Waals surface area contributed by atoms with Crippen molar-refractivity contribution in [1.29, 1.82) is 0 Å². The van der Waals surface area contributed by atoms with Crippen LogP contribution in [0.4, 0.5) is 0 Å². The summed E-state index contributed by atoms with van der Waals surface area (Å²) in [4.78, 5) is 24.5. The van der Waals surface area contributed by atoms with Gasteiger partial charge < -0.3 is 20.3 Å². The molecule has 2 unspecified atom stereocenters. The van der Waals surface area contributed by atoms with Gasteiger partial charge in [-0.15, -0.1) is 0 Å². The summed E-state index contributed by atoms with van der Waals surface area (Å²) >= 11 is 0. The normalized spacial score (nSPS) is 13.0. The minimum atomic E-state index is -0.862. The molecule has 0 aromatic rings. The summed E-state index contributed by atoms with van der Waals surface area (Å²) in [6, 6.07) is -0.648. The molecule has 0 heterocycles. The highest BCUT2D eigenvalue weighted by molar-refractivity contribution is 5.76. The predicted octanol–water partition coefficient (Wildman–Crippen LogP) is 17.8. The minimum absolute atomic E-state index is 0.0284. The van der Waals surface area contributed by atoms with E-state index >= 15 is 0 Å². The van der Waals surface area contributed by atoms with Gasteiger partial charge in [-0.3, -0.25) is 9.59 Å². The minimum Gasteiger partial charge on any atom is -0.466 e. The van der Waals surface area contributed by atoms with E-state index in [2.05, 4.69) is 55.6 Å². The van der Waals surface area contributed by atoms with Crippen LogP contribution in [0.5, 0.6) is 0 Å². The van der Waals surface area contributed by atoms with E-state index in [1.165, 1.54) is 180 Å². The second-order valence-corrected chi connectivity index (χ2v) is 19.6. The van der Waals surface area contributed by atoms with Crippen LogP contribution in [0.25, 0.3) is 0 Å². The van der Waals surface area contributed by atoms with Crippen LogP contribution in [0.3, 0.4) is 0 Å². The number of hydrogen-bond acceptors (Lipinski definition) is 5. The van der Waals surface area contributed by atoms with Crippen LogP contribution in [0.2, 0.25) is 0 Å². The van der Waals surface area contributed by atoms with E-state index in [0.29, 0.717) is 19.4 Å². The topological polar surface area (TPSA) is 95.9 Å². The molecule has 0 rings (SSSR count). The predicted molar refractivity (Wildman–Crippen MR) is 287 cm³/mol. The maximum atomic E-state index is 12.5. The highest BCUT2D eigenvalue weighted by Gasteiger charge is 2.18. The van der Waals surface area contributed by atoms with E-state index < -0.39 is 12.1 Å². The Hall–Kier alpha value is -2.18. The van der Waals surface area contributed by atoms with E-state index in [4.69, 9.17) is 4.74 Å². The van der Waals surface area contributed by atoms with Crippen molar-refractivity contribution in [3.8, 4) is 0 Å². The Morgan fingerprint density at radius 2 is 0.758 bits per heavy atom. The molecule has 6 nitrogen and oxygen atoms in total. The molecule has 0 saturated carbocycles. The number of nitrogens with one attached hydrogen (secondary N) is 1. The fraction of sp³-hybridized carbons (Fsp3) is 0.833. The summed E-state index contributed by atoms with van der Waals surface area (Å²) in [5.41, 5.74) is 0. The van der Waals surface area contributed by atoms with Gasteiger partial charge in [0.2, 0.25) is 5.91 Å². The van der Waals surface area contributed by atoms with E-state index in [0.717, 1.165) is 89.9 Å². The molecule has 6 heteroatoms. The van der Waals surface area contributed by atoms with Crippen molar-refractivity contribution in [2.24, 2.45) is 0 Å². The van der Waals surface area contributed by atoms with Gasteiger partial charge in [-0.05, 0) is 96.3 Å². The fourth-order valence-corrected chi connectivity index (χ4v) is 8.60. The summed E-state index contributed by atoms with van der Waals surface area (Å²) in [5, 5.41) is 23.1. The van der Waals surface area contributed by atoms with Crippen molar-refractivity contribution >= 4 is 11.9 Å². The van der Waals surface area contributed by atoms with Gasteiger partial charge in [0.15, 0.2) is 0 Å². The van der Waals surface area contributed by atoms with Crippen LogP contribution >= 0.6 is 0 Å². The Kier molecular flexibility index (Phi) is 53.6. The average molecular weight is 927 g/mol. The van der Waals surface area contributed by atoms with Crippen molar-refractivity contribution in [1.82, 2.24) is 5.32 Å². The highest BCUT2D eigenvalue weighted by atomic mass is 16.5. The monoisotopic (exact) mass is 926 g/mol. The molecule has 0 fully saturated rings. The molecule has 0 radical (unpaired) electrons. The number of aliphatic hydroxyl groups excluding tert-OH is 2. The van der Waals surface area contributed by atoms with Gasteiger partial charge >= 0.3 is 5.97 Å². The molecule has 66 heavy (non-hydrogen) atoms. The SMILES string of the molecule is CCCCC/C=C\C/C=C\CCCCCCCCCCCC(=O)OCCCCC/C=C\CCCCCCCC(=O)NC(CO)C(O)/C=C/CCCCCCCCCCCCCCCCCC. The molecule has 1 amide bonds. The van der Waals surface area contributed by atoms with E-state index in [1.807, 2.05) is 6.08 Å². The maximum absolute atomic E-state index is 12.5. The molecule has 0 spiro atoms. The summed E-state index contributed by atoms with van der Waals surface area (Å²) in [7, 11) is 0. The van der Waals surface area contributed by atoms with Crippen molar-refractivity contribution in [2.45, 2.75) is 309 Å². The lowest BCUT2D eigenvalue weighted by Crippen LogP contribution is -2.45. The number of carbonyl (C=O) groups is 2. The Labute approximate surface area is 410 Å². The third-order valence-corrected chi connectivity index (χ3v) is 13.1. The first-order valence-electron chi connectivity index (χ1n) is 28.9. The molecule has 0 aliphatic carbocycles. The van der Waals surface area contributed by atoms with Crippen molar-refractivity contribution in [3.63, 3.8) is 0 Å². The Bertz CT molecular complexity index is 1110. The summed E-state index contributed by atoms with van der Waals surface area (Å²) in [6.07, 6.45) is 69.8. The van der Waals surface area contributed by atoms with E-state index in [1.54, 1.807) is 6.08 Å². The molecule has 0 aliphatic rings. The number of hydrogen-bond donors (Lipinski definition) is 3. The lowest BCUT2D eigenvalue weighted by atomic mass is 10.0. The number of aliphatic hydroxyl groups is 2. The Morgan fingerprint density at radius 3 is 1.20 bits per heavy atom. The maximum Gasteiger partial charge on any atom is 0.305 e. The first kappa shape index (κ1) is 63.8. The van der Waals surface area contributed by atoms with Gasteiger partial charge in [0.25, 0.3) is 0 Å². The van der Waals surface area contributed by atoms with Crippen LogP contribution in [0, 0.1) is 0 Å². The van der Waals surface area contributed by atoms with Gasteiger partial charge in [0.1, 0.15) is 0 Å². The summed E-state index contributed by atoms with van der Waals surface area (Å²) in [6.45, 7) is 4.82. The number of unbranched alkanes of at least 4 members (excludes halogenated alkanes) is 36. The van der Waals surface area contributed by atoms with Crippen LogP contribution < -0.4 is 5.32 Å². The molecule has 0 bridgehead atoms. The molecular formula is C60H111NO5. The Morgan fingerprint density at radius 1 is 0.424 bits per heavy atom. The van der Waals surface area contributed by atoms with Gasteiger partial charge in [-0.2, -0.15) is 0 Å². The zero-order valence-corrected chi connectivity index (χ0v) is 43.9. The number of amides is 1. The molecule has 3 N–H and O–H groups in total. The summed E-state index contributed by atoms with van der Waals surface area (Å²) < 4.78 is 5.46. The fourth-order valence-electron chi connectivity index (χ4n) is 8.60. The second kappa shape index (κ2) is 55.4. The molecular weight excluding hydrogens is 815 g/mol. The van der Waals surface area contributed by atoms with E-state index in [9.17, 15) is 19.8 Å². The second-order valence-electron chi connectivity index (χ2n) is 19.6. The van der Waals surface area contributed by atoms with Crippen LogP contribution in [-0.4, -0.2) is 47.4 Å².